The van der Waals surface area contributed by atoms with Crippen LogP contribution in [0.25, 0.3) is 0 Å². The second-order valence-electron chi connectivity index (χ2n) is 22.8. The molecule has 68 heavy (non-hydrogen) atoms. The lowest BCUT2D eigenvalue weighted by molar-refractivity contribution is -0.131. The Kier molecular flexibility index (Phi) is 48.6. The van der Waals surface area contributed by atoms with Gasteiger partial charge in [0.2, 0.25) is 5.91 Å². The largest absolute Gasteiger partial charge is 0.375 e. The Morgan fingerprint density at radius 2 is 0.603 bits per heavy atom. The summed E-state index contributed by atoms with van der Waals surface area (Å²) in [7, 11) is 0. The topological polar surface area (TPSA) is 26.8 Å². The van der Waals surface area contributed by atoms with Crippen LogP contribution in [-0.4, -0.2) is 65.9 Å². The number of carbonyl (C=O) groups is 1. The van der Waals surface area contributed by atoms with Crippen molar-refractivity contribution in [2.24, 2.45) is 5.92 Å². The Morgan fingerprint density at radius 3 is 0.941 bits per heavy atom. The van der Waals surface area contributed by atoms with E-state index in [1.165, 1.54) is 327 Å². The van der Waals surface area contributed by atoms with E-state index < -0.39 is 0 Å². The summed E-state index contributed by atoms with van der Waals surface area (Å²) in [5.74, 6) is 1.36. The van der Waals surface area contributed by atoms with E-state index in [9.17, 15) is 4.79 Å². The van der Waals surface area contributed by atoms with Crippen LogP contribution >= 0.6 is 0 Å². The summed E-state index contributed by atoms with van der Waals surface area (Å²) < 4.78 is 0. The third-order valence-corrected chi connectivity index (χ3v) is 16.2. The van der Waals surface area contributed by atoms with Crippen LogP contribution in [0.5, 0.6) is 0 Å². The van der Waals surface area contributed by atoms with Gasteiger partial charge in [-0.2, -0.15) is 0 Å². The van der Waals surface area contributed by atoms with E-state index in [1.807, 2.05) is 0 Å². The average Bonchev–Trinajstić information content (AvgIpc) is 3.34. The van der Waals surface area contributed by atoms with Gasteiger partial charge in [-0.25, -0.2) is 0 Å². The second-order valence-corrected chi connectivity index (χ2v) is 22.8. The number of unbranched alkanes of at least 4 members (excludes halogenated alkanes) is 36. The van der Waals surface area contributed by atoms with Gasteiger partial charge in [-0.1, -0.05) is 260 Å². The molecule has 404 valence electrons. The molecule has 0 bridgehead atoms. The molecular formula is C64H127N3O. The molecule has 4 nitrogen and oxygen atoms in total. The minimum atomic E-state index is 0.448. The van der Waals surface area contributed by atoms with Gasteiger partial charge in [0, 0.05) is 44.3 Å². The van der Waals surface area contributed by atoms with Crippen LogP contribution in [-0.2, 0) is 4.79 Å². The van der Waals surface area contributed by atoms with Gasteiger partial charge in [-0.15, -0.1) is 0 Å². The molecule has 0 unspecified atom stereocenters. The Hall–Kier alpha value is -1.03. The first kappa shape index (κ1) is 65.0. The summed E-state index contributed by atoms with van der Waals surface area (Å²) in [6.07, 6.45) is 64.5. The lowest BCUT2D eigenvalue weighted by Crippen LogP contribution is -2.39. The van der Waals surface area contributed by atoms with E-state index >= 15 is 0 Å². The molecule has 0 radical (unpaired) electrons. The monoisotopic (exact) mass is 954 g/mol. The highest BCUT2D eigenvalue weighted by atomic mass is 16.2. The molecule has 1 amide bonds. The molecule has 0 spiro atoms. The highest BCUT2D eigenvalue weighted by Crippen LogP contribution is 2.28. The average molecular weight is 955 g/mol. The van der Waals surface area contributed by atoms with Crippen molar-refractivity contribution >= 4 is 5.91 Å². The maximum Gasteiger partial charge on any atom is 0.222 e. The molecule has 1 fully saturated rings. The summed E-state index contributed by atoms with van der Waals surface area (Å²) in [6.45, 7) is 23.4. The van der Waals surface area contributed by atoms with Crippen LogP contribution in [0, 0.1) is 5.92 Å². The summed E-state index contributed by atoms with van der Waals surface area (Å²) in [6, 6.07) is 0.813. The fraction of sp³-hybridized carbons (Fsp3) is 0.953. The first-order valence-corrected chi connectivity index (χ1v) is 31.9. The van der Waals surface area contributed by atoms with E-state index in [1.54, 1.807) is 0 Å². The first-order chi connectivity index (χ1) is 33.5. The van der Waals surface area contributed by atoms with Gasteiger partial charge in [0.25, 0.3) is 0 Å². The van der Waals surface area contributed by atoms with Crippen LogP contribution in [0.2, 0.25) is 0 Å². The van der Waals surface area contributed by atoms with Crippen molar-refractivity contribution in [1.82, 2.24) is 14.7 Å². The third-order valence-electron chi connectivity index (χ3n) is 16.2. The molecule has 0 aromatic carbocycles. The lowest BCUT2D eigenvalue weighted by atomic mass is 9.86. The van der Waals surface area contributed by atoms with Gasteiger partial charge in [-0.05, 0) is 102 Å². The Morgan fingerprint density at radius 1 is 0.338 bits per heavy atom. The van der Waals surface area contributed by atoms with E-state index in [4.69, 9.17) is 0 Å². The molecule has 4 heteroatoms. The van der Waals surface area contributed by atoms with Crippen molar-refractivity contribution in [2.75, 3.05) is 39.3 Å². The van der Waals surface area contributed by atoms with Crippen molar-refractivity contribution in [1.29, 1.82) is 0 Å². The SMILES string of the molecule is C=C(CCCCCCCN(CCCCCCCC(=O)N(CCCCCCCCCC)CCCCCCCCCC)C1CCC(C)CC1)N(CCCCCCCCCC)CCCCCCCCCC. The van der Waals surface area contributed by atoms with E-state index in [2.05, 4.69) is 55.9 Å². The minimum Gasteiger partial charge on any atom is -0.375 e. The molecule has 0 aliphatic heterocycles. The van der Waals surface area contributed by atoms with Gasteiger partial charge in [0.15, 0.2) is 0 Å². The maximum atomic E-state index is 13.5. The highest BCUT2D eigenvalue weighted by molar-refractivity contribution is 5.76. The standard InChI is InChI=1S/C64H127N3O/c1-7-11-15-19-23-27-35-43-55-65(56-44-36-28-24-20-16-12-8-2)62(6)49-41-33-31-39-45-57-66(63-53-51-61(5)52-54-63)58-46-40-32-34-42-50-64(68)67(59-47-37-29-25-21-17-13-9-3)60-48-38-30-26-22-18-14-10-4/h61,63H,6-60H2,1-5H3. The van der Waals surface area contributed by atoms with Crippen molar-refractivity contribution < 1.29 is 4.79 Å². The zero-order chi connectivity index (χ0) is 49.2. The maximum absolute atomic E-state index is 13.5. The normalized spacial score (nSPS) is 15.1. The van der Waals surface area contributed by atoms with Gasteiger partial charge >= 0.3 is 0 Å². The van der Waals surface area contributed by atoms with Crippen molar-refractivity contribution in [3.63, 3.8) is 0 Å². The Labute approximate surface area is 429 Å². The number of amides is 1. The molecular weight excluding hydrogens is 827 g/mol. The van der Waals surface area contributed by atoms with Crippen molar-refractivity contribution in [3.8, 4) is 0 Å². The minimum absolute atomic E-state index is 0.448. The van der Waals surface area contributed by atoms with Crippen molar-refractivity contribution in [2.45, 2.75) is 349 Å². The van der Waals surface area contributed by atoms with Crippen LogP contribution in [0.1, 0.15) is 343 Å². The number of hydrogen-bond acceptors (Lipinski definition) is 3. The van der Waals surface area contributed by atoms with Crippen molar-refractivity contribution in [3.05, 3.63) is 12.3 Å². The van der Waals surface area contributed by atoms with Crippen LogP contribution in [0.4, 0.5) is 0 Å². The van der Waals surface area contributed by atoms with Crippen LogP contribution in [0.3, 0.4) is 0 Å². The smallest absolute Gasteiger partial charge is 0.222 e. The van der Waals surface area contributed by atoms with Gasteiger partial charge in [0.1, 0.15) is 0 Å². The van der Waals surface area contributed by atoms with Gasteiger partial charge in [0.05, 0.1) is 0 Å². The predicted octanol–water partition coefficient (Wildman–Crippen LogP) is 20.8. The molecule has 1 aliphatic carbocycles. The number of rotatable bonds is 54. The molecule has 1 saturated carbocycles. The van der Waals surface area contributed by atoms with Gasteiger partial charge < -0.3 is 14.7 Å². The number of nitrogens with zero attached hydrogens (tertiary/aromatic N) is 3. The molecule has 0 N–H and O–H groups in total. The molecule has 0 atom stereocenters. The fourth-order valence-electron chi connectivity index (χ4n) is 11.2. The molecule has 1 rings (SSSR count). The number of allylic oxidation sites excluding steroid dienone is 1. The molecule has 0 saturated heterocycles. The quantitative estimate of drug-likeness (QED) is 0.0569. The summed E-state index contributed by atoms with van der Waals surface area (Å²) in [5, 5.41) is 0. The zero-order valence-corrected chi connectivity index (χ0v) is 47.8. The van der Waals surface area contributed by atoms with E-state index in [-0.39, 0.29) is 0 Å². The number of hydrogen-bond donors (Lipinski definition) is 0. The molecule has 0 aromatic rings. The van der Waals surface area contributed by atoms with Gasteiger partial charge in [-0.3, -0.25) is 4.79 Å². The molecule has 0 heterocycles. The number of carbonyl (C=O) groups excluding carboxylic acids is 1. The molecule has 0 aromatic heterocycles. The summed E-state index contributed by atoms with van der Waals surface area (Å²) >= 11 is 0. The summed E-state index contributed by atoms with van der Waals surface area (Å²) in [5.41, 5.74) is 1.44. The second kappa shape index (κ2) is 50.9. The summed E-state index contributed by atoms with van der Waals surface area (Å²) in [4.78, 5) is 21.4. The Balaban J connectivity index is 2.44. The Bertz CT molecular complexity index is 926. The zero-order valence-electron chi connectivity index (χ0n) is 47.8. The van der Waals surface area contributed by atoms with E-state index in [0.717, 1.165) is 37.9 Å². The highest BCUT2D eigenvalue weighted by Gasteiger charge is 2.23. The third kappa shape index (κ3) is 40.6. The van der Waals surface area contributed by atoms with E-state index in [0.29, 0.717) is 5.91 Å². The molecule has 1 aliphatic rings. The fourth-order valence-corrected chi connectivity index (χ4v) is 11.2. The lowest BCUT2D eigenvalue weighted by Gasteiger charge is -2.36. The van der Waals surface area contributed by atoms with Crippen LogP contribution in [0.15, 0.2) is 12.3 Å². The van der Waals surface area contributed by atoms with Crippen LogP contribution < -0.4 is 0 Å². The first-order valence-electron chi connectivity index (χ1n) is 31.9. The predicted molar refractivity (Wildman–Crippen MR) is 306 cm³/mol.